The van der Waals surface area contributed by atoms with E-state index in [1.165, 1.54) is 18.5 Å². The van der Waals surface area contributed by atoms with Crippen LogP contribution in [0.2, 0.25) is 10.8 Å². The maximum atomic E-state index is 13.5. The number of hydrogen-bond acceptors (Lipinski definition) is 5. The van der Waals surface area contributed by atoms with Crippen molar-refractivity contribution in [1.82, 2.24) is 14.9 Å². The van der Waals surface area contributed by atoms with Gasteiger partial charge in [-0.15, -0.1) is 11.3 Å². The van der Waals surface area contributed by atoms with Crippen LogP contribution in [0.1, 0.15) is 23.9 Å². The Balaban J connectivity index is 1.57. The molecule has 0 spiro atoms. The predicted octanol–water partition coefficient (Wildman–Crippen LogP) is 5.21. The Morgan fingerprint density at radius 3 is 3.00 bits per heavy atom. The number of fused-ring (bicyclic) bond motifs is 1. The zero-order valence-electron chi connectivity index (χ0n) is 18.5. The number of halogens is 3. The van der Waals surface area contributed by atoms with Gasteiger partial charge in [-0.3, -0.25) is 4.90 Å². The largest absolute Gasteiger partial charge is 0.367 e. The summed E-state index contributed by atoms with van der Waals surface area (Å²) in [6.45, 7) is -1.54. The van der Waals surface area contributed by atoms with Gasteiger partial charge < -0.3 is 5.31 Å². The zero-order valence-corrected chi connectivity index (χ0v) is 15.8. The second-order valence-electron chi connectivity index (χ2n) is 5.78. The van der Waals surface area contributed by atoms with Gasteiger partial charge in [0, 0.05) is 28.3 Å². The van der Waals surface area contributed by atoms with Gasteiger partial charge in [-0.1, -0.05) is 29.3 Å². The highest BCUT2D eigenvalue weighted by molar-refractivity contribution is 7.22. The number of aromatic nitrogens is 2. The standard InChI is InChI=1S/C18H17Cl2FN4S/c19-14-7-11(1-2-15(14)21)9-25-5-3-12(4-6-25)24-17-13-8-16(20)26-18(13)23-10-22-17/h1-2,7-8,10,12H,3-6,9H2,(H,22,23,24)/i8D,9D2,12D/hD. The third-order valence-electron chi connectivity index (χ3n) is 4.01. The maximum Gasteiger partial charge on any atom is 0.162 e. The third kappa shape index (κ3) is 3.93. The van der Waals surface area contributed by atoms with Crippen molar-refractivity contribution in [3.05, 3.63) is 51.3 Å². The first-order valence-corrected chi connectivity index (χ1v) is 9.51. The van der Waals surface area contributed by atoms with Gasteiger partial charge in [0.2, 0.25) is 0 Å². The molecule has 0 aliphatic carbocycles. The molecule has 4 rings (SSSR count). The highest BCUT2D eigenvalue weighted by atomic mass is 35.5. The lowest BCUT2D eigenvalue weighted by atomic mass is 10.0. The fourth-order valence-corrected chi connectivity index (χ4v) is 3.89. The first-order valence-electron chi connectivity index (χ1n) is 10.4. The average molecular weight is 416 g/mol. The van der Waals surface area contributed by atoms with Crippen molar-refractivity contribution in [2.45, 2.75) is 25.4 Å². The lowest BCUT2D eigenvalue weighted by Crippen LogP contribution is -2.38. The third-order valence-corrected chi connectivity index (χ3v) is 5.41. The summed E-state index contributed by atoms with van der Waals surface area (Å²) in [6, 6.07) is 2.40. The molecule has 0 bridgehead atoms. The normalized spacial score (nSPS) is 20.8. The molecule has 3 aromatic rings. The minimum atomic E-state index is -1.91. The summed E-state index contributed by atoms with van der Waals surface area (Å²) in [5.74, 6) is -0.483. The van der Waals surface area contributed by atoms with Crippen molar-refractivity contribution in [1.29, 1.82) is 0 Å². The molecule has 1 aliphatic heterocycles. The first kappa shape index (κ1) is 12.8. The minimum Gasteiger partial charge on any atom is -0.367 e. The van der Waals surface area contributed by atoms with E-state index in [4.69, 9.17) is 30.1 Å². The van der Waals surface area contributed by atoms with E-state index in [0.29, 0.717) is 10.2 Å². The quantitative estimate of drug-likeness (QED) is 0.634. The van der Waals surface area contributed by atoms with Gasteiger partial charge in [-0.25, -0.2) is 14.4 Å². The van der Waals surface area contributed by atoms with E-state index in [1.54, 1.807) is 4.90 Å². The van der Waals surface area contributed by atoms with Crippen LogP contribution in [0.25, 0.3) is 10.2 Å². The Morgan fingerprint density at radius 1 is 1.42 bits per heavy atom. The molecular weight excluding hydrogens is 394 g/mol. The van der Waals surface area contributed by atoms with Gasteiger partial charge in [-0.2, -0.15) is 0 Å². The molecule has 0 unspecified atom stereocenters. The molecule has 1 N–H and O–H groups in total. The van der Waals surface area contributed by atoms with E-state index in [9.17, 15) is 4.39 Å². The van der Waals surface area contributed by atoms with Gasteiger partial charge in [0.1, 0.15) is 22.8 Å². The summed E-state index contributed by atoms with van der Waals surface area (Å²) in [6.07, 6.45) is 1.59. The van der Waals surface area contributed by atoms with Crippen LogP contribution in [0.3, 0.4) is 0 Å². The topological polar surface area (TPSA) is 41.1 Å². The lowest BCUT2D eigenvalue weighted by molar-refractivity contribution is 0.211. The second-order valence-corrected chi connectivity index (χ2v) is 7.79. The zero-order chi connectivity index (χ0) is 22.6. The molecule has 1 fully saturated rings. The number of benzene rings is 1. The molecule has 8 heteroatoms. The van der Waals surface area contributed by atoms with Crippen molar-refractivity contribution >= 4 is 50.6 Å². The number of anilines is 1. The molecule has 26 heavy (non-hydrogen) atoms. The van der Waals surface area contributed by atoms with Gasteiger partial charge in [0.25, 0.3) is 0 Å². The summed E-state index contributed by atoms with van der Waals surface area (Å²) < 4.78 is 56.3. The van der Waals surface area contributed by atoms with Crippen LogP contribution < -0.4 is 5.31 Å². The van der Waals surface area contributed by atoms with E-state index < -0.39 is 18.3 Å². The van der Waals surface area contributed by atoms with Crippen molar-refractivity contribution in [2.24, 2.45) is 0 Å². The van der Waals surface area contributed by atoms with Crippen LogP contribution in [0.15, 0.2) is 30.6 Å². The number of nitrogens with one attached hydrogen (secondary N) is 1. The van der Waals surface area contributed by atoms with E-state index in [0.717, 1.165) is 22.7 Å². The number of rotatable bonds is 4. The molecular formula is C18H17Cl2FN4S. The van der Waals surface area contributed by atoms with Gasteiger partial charge in [-0.05, 0) is 36.6 Å². The number of thiophene rings is 1. The van der Waals surface area contributed by atoms with Gasteiger partial charge >= 0.3 is 0 Å². The highest BCUT2D eigenvalue weighted by Gasteiger charge is 2.21. The second kappa shape index (κ2) is 7.64. The first-order chi connectivity index (χ1) is 14.5. The number of likely N-dealkylation sites (tertiary alicyclic amines) is 1. The molecule has 0 radical (unpaired) electrons. The molecule has 3 heterocycles. The molecule has 1 saturated heterocycles. The van der Waals surface area contributed by atoms with Crippen LogP contribution in [0.4, 0.5) is 10.2 Å². The molecule has 136 valence electrons. The van der Waals surface area contributed by atoms with Crippen molar-refractivity contribution < 1.29 is 11.3 Å². The Morgan fingerprint density at radius 2 is 2.23 bits per heavy atom. The van der Waals surface area contributed by atoms with Gasteiger partial charge in [0.15, 0.2) is 1.41 Å². The SMILES string of the molecule is [2H]c1c(Cl)sc2ncnc(N([2H])C3([2H])CCN(C([2H])([2H])c4ccc(F)c(Cl)c4)CC3)c12. The predicted molar refractivity (Wildman–Crippen MR) is 106 cm³/mol. The van der Waals surface area contributed by atoms with E-state index in [2.05, 4.69) is 9.97 Å². The number of hydrogen-bond donors (Lipinski definition) is 1. The molecule has 2 aromatic heterocycles. The molecule has 0 saturated carbocycles. The van der Waals surface area contributed by atoms with E-state index >= 15 is 0 Å². The summed E-state index contributed by atoms with van der Waals surface area (Å²) in [7, 11) is 0. The monoisotopic (exact) mass is 415 g/mol. The Labute approximate surface area is 172 Å². The van der Waals surface area contributed by atoms with Gasteiger partial charge in [0.05, 0.1) is 17.5 Å². The highest BCUT2D eigenvalue weighted by Crippen LogP contribution is 2.32. The Bertz CT molecular complexity index is 1140. The molecule has 0 atom stereocenters. The fraction of sp³-hybridized carbons (Fsp3) is 0.333. The molecule has 0 amide bonds. The van der Waals surface area contributed by atoms with Crippen LogP contribution >= 0.6 is 34.5 Å². The number of nitrogens with zero attached hydrogens (tertiary/aromatic N) is 3. The number of piperidine rings is 1. The van der Waals surface area contributed by atoms with Crippen molar-refractivity contribution in [2.75, 3.05) is 18.4 Å². The maximum absolute atomic E-state index is 13.5. The van der Waals surface area contributed by atoms with Crippen LogP contribution in [-0.4, -0.2) is 34.0 Å². The van der Waals surface area contributed by atoms with Crippen molar-refractivity contribution in [3.63, 3.8) is 0 Å². The Hall–Kier alpha value is -1.47. The van der Waals surface area contributed by atoms with E-state index in [-0.39, 0.29) is 52.7 Å². The Kier molecular flexibility index (Phi) is 3.77. The molecule has 4 nitrogen and oxygen atoms in total. The van der Waals surface area contributed by atoms with E-state index in [1.807, 2.05) is 0 Å². The molecule has 1 aliphatic rings. The van der Waals surface area contributed by atoms with Crippen LogP contribution in [0, 0.1) is 5.82 Å². The molecule has 1 aromatic carbocycles. The van der Waals surface area contributed by atoms with Crippen molar-refractivity contribution in [3.8, 4) is 0 Å². The average Bonchev–Trinajstić information content (AvgIpc) is 3.03. The summed E-state index contributed by atoms with van der Waals surface area (Å²) in [4.78, 5) is 10.3. The smallest absolute Gasteiger partial charge is 0.162 e. The van der Waals surface area contributed by atoms with Crippen LogP contribution in [0.5, 0.6) is 0 Å². The summed E-state index contributed by atoms with van der Waals surface area (Å²) in [5, 5.41) is 1.15. The van der Waals surface area contributed by atoms with Crippen LogP contribution in [-0.2, 0) is 6.50 Å². The summed E-state index contributed by atoms with van der Waals surface area (Å²) >= 11 is 13.0. The fourth-order valence-electron chi connectivity index (χ4n) is 2.73. The minimum absolute atomic E-state index is 0.0278. The lowest BCUT2D eigenvalue weighted by Gasteiger charge is -2.32. The summed E-state index contributed by atoms with van der Waals surface area (Å²) in [5.41, 5.74) is 0.225.